The molecule has 0 aliphatic heterocycles. The van der Waals surface area contributed by atoms with Crippen molar-refractivity contribution in [3.63, 3.8) is 0 Å². The zero-order valence-corrected chi connectivity index (χ0v) is 11.8. The molecule has 0 heterocycles. The van der Waals surface area contributed by atoms with Crippen LogP contribution >= 0.6 is 15.9 Å². The molecule has 0 saturated carbocycles. The Morgan fingerprint density at radius 1 is 1.47 bits per heavy atom. The van der Waals surface area contributed by atoms with E-state index in [0.29, 0.717) is 17.9 Å². The summed E-state index contributed by atoms with van der Waals surface area (Å²) in [4.78, 5) is 11.7. The van der Waals surface area contributed by atoms with Crippen molar-refractivity contribution in [3.05, 3.63) is 34.1 Å². The maximum Gasteiger partial charge on any atom is 0.313 e. The van der Waals surface area contributed by atoms with Gasteiger partial charge in [0.25, 0.3) is 0 Å². The number of carbonyl (C=O) groups is 1. The largest absolute Gasteiger partial charge is 0.469 e. The summed E-state index contributed by atoms with van der Waals surface area (Å²) >= 11 is 3.34. The lowest BCUT2D eigenvalue weighted by Gasteiger charge is -2.18. The van der Waals surface area contributed by atoms with Gasteiger partial charge in [-0.2, -0.15) is 0 Å². The number of rotatable bonds is 4. The molecule has 0 spiro atoms. The van der Waals surface area contributed by atoms with Gasteiger partial charge in [-0.3, -0.25) is 4.79 Å². The topological polar surface area (TPSA) is 26.3 Å². The summed E-state index contributed by atoms with van der Waals surface area (Å²) < 4.78 is 18.8. The zero-order valence-electron chi connectivity index (χ0n) is 10.2. The molecule has 1 atom stereocenters. The van der Waals surface area contributed by atoms with Crippen LogP contribution in [-0.2, 0) is 9.53 Å². The third kappa shape index (κ3) is 3.80. The summed E-state index contributed by atoms with van der Waals surface area (Å²) in [6, 6.07) is 4.35. The van der Waals surface area contributed by atoms with Crippen molar-refractivity contribution in [2.45, 2.75) is 26.2 Å². The second-order valence-electron chi connectivity index (χ2n) is 4.37. The molecule has 0 amide bonds. The lowest BCUT2D eigenvalue weighted by molar-refractivity contribution is -0.142. The van der Waals surface area contributed by atoms with Crippen LogP contribution in [0.25, 0.3) is 0 Å². The number of hydrogen-bond acceptors (Lipinski definition) is 2. The Kier molecular flexibility index (Phi) is 5.12. The standard InChI is InChI=1S/C13H16BrFO2/c1-8(2)6-11(13(16)17-3)10-7-9(15)4-5-12(10)14/h4-5,7-8,11H,6H2,1-3H3. The number of halogens is 2. The van der Waals surface area contributed by atoms with E-state index in [4.69, 9.17) is 4.74 Å². The molecule has 0 aliphatic carbocycles. The van der Waals surface area contributed by atoms with E-state index in [2.05, 4.69) is 15.9 Å². The van der Waals surface area contributed by atoms with Crippen molar-refractivity contribution < 1.29 is 13.9 Å². The first-order valence-corrected chi connectivity index (χ1v) is 6.27. The van der Waals surface area contributed by atoms with Crippen molar-refractivity contribution >= 4 is 21.9 Å². The SMILES string of the molecule is COC(=O)C(CC(C)C)c1cc(F)ccc1Br. The van der Waals surface area contributed by atoms with E-state index in [1.165, 1.54) is 19.2 Å². The van der Waals surface area contributed by atoms with Crippen LogP contribution < -0.4 is 0 Å². The van der Waals surface area contributed by atoms with Crippen LogP contribution in [0.2, 0.25) is 0 Å². The Labute approximate surface area is 109 Å². The van der Waals surface area contributed by atoms with Crippen molar-refractivity contribution in [2.75, 3.05) is 7.11 Å². The van der Waals surface area contributed by atoms with Gasteiger partial charge < -0.3 is 4.74 Å². The van der Waals surface area contributed by atoms with Gasteiger partial charge in [-0.15, -0.1) is 0 Å². The third-order valence-electron chi connectivity index (χ3n) is 2.53. The second kappa shape index (κ2) is 6.15. The maximum atomic E-state index is 13.2. The maximum absolute atomic E-state index is 13.2. The predicted octanol–water partition coefficient (Wildman–Crippen LogP) is 3.89. The van der Waals surface area contributed by atoms with E-state index < -0.39 is 5.92 Å². The fourth-order valence-corrected chi connectivity index (χ4v) is 2.27. The van der Waals surface area contributed by atoms with Gasteiger partial charge in [0.2, 0.25) is 0 Å². The minimum Gasteiger partial charge on any atom is -0.469 e. The van der Waals surface area contributed by atoms with Gasteiger partial charge in [-0.1, -0.05) is 29.8 Å². The molecule has 4 heteroatoms. The molecule has 17 heavy (non-hydrogen) atoms. The summed E-state index contributed by atoms with van der Waals surface area (Å²) in [7, 11) is 1.35. The molecule has 0 bridgehead atoms. The molecule has 0 aliphatic rings. The first-order chi connectivity index (χ1) is 7.95. The molecule has 1 aromatic rings. The van der Waals surface area contributed by atoms with E-state index in [1.807, 2.05) is 13.8 Å². The minimum atomic E-state index is -0.426. The minimum absolute atomic E-state index is 0.328. The second-order valence-corrected chi connectivity index (χ2v) is 5.23. The van der Waals surface area contributed by atoms with Crippen molar-refractivity contribution in [3.8, 4) is 0 Å². The smallest absolute Gasteiger partial charge is 0.313 e. The molecule has 2 nitrogen and oxygen atoms in total. The average molecular weight is 303 g/mol. The van der Waals surface area contributed by atoms with Gasteiger partial charge >= 0.3 is 5.97 Å². The van der Waals surface area contributed by atoms with E-state index in [-0.39, 0.29) is 11.8 Å². The highest BCUT2D eigenvalue weighted by atomic mass is 79.9. The summed E-state index contributed by atoms with van der Waals surface area (Å²) in [6.07, 6.45) is 0.634. The fourth-order valence-electron chi connectivity index (χ4n) is 1.75. The number of hydrogen-bond donors (Lipinski definition) is 0. The summed E-state index contributed by atoms with van der Waals surface area (Å²) in [6.45, 7) is 4.03. The molecule has 1 unspecified atom stereocenters. The molecule has 94 valence electrons. The zero-order chi connectivity index (χ0) is 13.0. The van der Waals surface area contributed by atoms with Gasteiger partial charge in [-0.25, -0.2) is 4.39 Å². The van der Waals surface area contributed by atoms with E-state index in [1.54, 1.807) is 6.07 Å². The third-order valence-corrected chi connectivity index (χ3v) is 3.25. The molecule has 1 aromatic carbocycles. The number of esters is 1. The Morgan fingerprint density at radius 2 is 2.12 bits per heavy atom. The Morgan fingerprint density at radius 3 is 2.65 bits per heavy atom. The summed E-state index contributed by atoms with van der Waals surface area (Å²) in [5.41, 5.74) is 0.644. The monoisotopic (exact) mass is 302 g/mol. The molecule has 0 radical (unpaired) electrons. The van der Waals surface area contributed by atoms with Crippen LogP contribution in [0.3, 0.4) is 0 Å². The molecule has 0 fully saturated rings. The van der Waals surface area contributed by atoms with Crippen LogP contribution in [0.4, 0.5) is 4.39 Å². The highest BCUT2D eigenvalue weighted by Gasteiger charge is 2.24. The van der Waals surface area contributed by atoms with Crippen LogP contribution in [0.5, 0.6) is 0 Å². The van der Waals surface area contributed by atoms with Gasteiger partial charge in [0, 0.05) is 4.47 Å². The number of benzene rings is 1. The van der Waals surface area contributed by atoms with Crippen molar-refractivity contribution in [2.24, 2.45) is 5.92 Å². The molecule has 1 rings (SSSR count). The van der Waals surface area contributed by atoms with E-state index in [9.17, 15) is 9.18 Å². The number of carbonyl (C=O) groups excluding carboxylic acids is 1. The number of ether oxygens (including phenoxy) is 1. The summed E-state index contributed by atoms with van der Waals surface area (Å²) in [5.74, 6) is -0.773. The lowest BCUT2D eigenvalue weighted by Crippen LogP contribution is -2.17. The van der Waals surface area contributed by atoms with Crippen LogP contribution in [0.1, 0.15) is 31.7 Å². The predicted molar refractivity (Wildman–Crippen MR) is 68.3 cm³/mol. The first kappa shape index (κ1) is 14.2. The fraction of sp³-hybridized carbons (Fsp3) is 0.462. The van der Waals surface area contributed by atoms with Gasteiger partial charge in [0.05, 0.1) is 13.0 Å². The molecule has 0 saturated heterocycles. The van der Waals surface area contributed by atoms with Gasteiger partial charge in [0.15, 0.2) is 0 Å². The highest BCUT2D eigenvalue weighted by molar-refractivity contribution is 9.10. The van der Waals surface area contributed by atoms with E-state index >= 15 is 0 Å². The number of methoxy groups -OCH3 is 1. The Hall–Kier alpha value is -0.900. The van der Waals surface area contributed by atoms with Crippen molar-refractivity contribution in [1.29, 1.82) is 0 Å². The van der Waals surface area contributed by atoms with Crippen LogP contribution in [0, 0.1) is 11.7 Å². The molecule has 0 aromatic heterocycles. The van der Waals surface area contributed by atoms with Crippen LogP contribution in [-0.4, -0.2) is 13.1 Å². The Bertz CT molecular complexity index is 404. The molecular weight excluding hydrogens is 287 g/mol. The molecule has 0 N–H and O–H groups in total. The summed E-state index contributed by atoms with van der Waals surface area (Å²) in [5, 5.41) is 0. The van der Waals surface area contributed by atoms with E-state index in [0.717, 1.165) is 4.47 Å². The van der Waals surface area contributed by atoms with Gasteiger partial charge in [0.1, 0.15) is 5.82 Å². The quantitative estimate of drug-likeness (QED) is 0.789. The Balaban J connectivity index is 3.11. The van der Waals surface area contributed by atoms with Crippen LogP contribution in [0.15, 0.2) is 22.7 Å². The normalized spacial score (nSPS) is 12.6. The average Bonchev–Trinajstić information content (AvgIpc) is 2.28. The first-order valence-electron chi connectivity index (χ1n) is 5.48. The molecular formula is C13H16BrFO2. The lowest BCUT2D eigenvalue weighted by atomic mass is 9.90. The van der Waals surface area contributed by atoms with Gasteiger partial charge in [-0.05, 0) is 36.1 Å². The highest BCUT2D eigenvalue weighted by Crippen LogP contribution is 2.31. The van der Waals surface area contributed by atoms with Crippen molar-refractivity contribution in [1.82, 2.24) is 0 Å².